The van der Waals surface area contributed by atoms with Gasteiger partial charge in [-0.05, 0) is 80.1 Å². The van der Waals surface area contributed by atoms with Crippen LogP contribution < -0.4 is 10.2 Å². The Hall–Kier alpha value is -0.940. The van der Waals surface area contributed by atoms with E-state index in [1.165, 1.54) is 11.3 Å². The molecule has 1 fully saturated rings. The molecule has 1 aromatic rings. The number of rotatable bonds is 2. The molecule has 4 nitrogen and oxygen atoms in total. The Morgan fingerprint density at radius 1 is 1.38 bits per heavy atom. The number of hydrogen-bond donors (Lipinski definition) is 1. The van der Waals surface area contributed by atoms with Gasteiger partial charge in [-0.1, -0.05) is 11.6 Å². The topological polar surface area (TPSA) is 41.6 Å². The zero-order valence-electron chi connectivity index (χ0n) is 14.4. The second-order valence-electron chi connectivity index (χ2n) is 7.66. The molecule has 1 amide bonds. The molecule has 24 heavy (non-hydrogen) atoms. The van der Waals surface area contributed by atoms with Crippen molar-refractivity contribution in [3.8, 4) is 0 Å². The van der Waals surface area contributed by atoms with Crippen molar-refractivity contribution in [3.05, 3.63) is 27.2 Å². The maximum atomic E-state index is 11.9. The van der Waals surface area contributed by atoms with Crippen molar-refractivity contribution in [3.63, 3.8) is 0 Å². The lowest BCUT2D eigenvalue weighted by atomic mass is 9.83. The summed E-state index contributed by atoms with van der Waals surface area (Å²) < 4.78 is 6.39. The first-order chi connectivity index (χ1) is 11.2. The zero-order valence-corrected chi connectivity index (χ0v) is 16.7. The van der Waals surface area contributed by atoms with Crippen LogP contribution in [0, 0.1) is 0 Å². The van der Waals surface area contributed by atoms with Gasteiger partial charge in [-0.3, -0.25) is 0 Å². The second-order valence-corrected chi connectivity index (χ2v) is 8.95. The molecular weight excluding hydrogens is 392 g/mol. The van der Waals surface area contributed by atoms with Crippen molar-refractivity contribution in [2.24, 2.45) is 0 Å². The summed E-state index contributed by atoms with van der Waals surface area (Å²) in [7, 11) is 0. The van der Waals surface area contributed by atoms with Crippen LogP contribution >= 0.6 is 27.5 Å². The number of hydrogen-bond acceptors (Lipinski definition) is 3. The normalized spacial score (nSPS) is 23.3. The van der Waals surface area contributed by atoms with E-state index in [9.17, 15) is 4.79 Å². The number of ether oxygens (including phenoxy) is 1. The van der Waals surface area contributed by atoms with Crippen LogP contribution in [0.25, 0.3) is 0 Å². The zero-order chi connectivity index (χ0) is 17.5. The minimum atomic E-state index is -0.455. The van der Waals surface area contributed by atoms with Crippen LogP contribution in [0.2, 0.25) is 5.02 Å². The number of benzene rings is 1. The molecule has 0 radical (unpaired) electrons. The standard InChI is InChI=1S/C18H24BrClN2O2/c1-18(2,3)24-17(23)21-13-9-14(10-13)22-6-4-5-11-7-12(20)8-15(19)16(11)22/h7-8,13-14H,4-6,9-10H2,1-3H3,(H,21,23)/t13-,14-. The second kappa shape index (κ2) is 6.75. The van der Waals surface area contributed by atoms with E-state index in [2.05, 4.69) is 32.2 Å². The van der Waals surface area contributed by atoms with Crippen LogP contribution in [-0.4, -0.2) is 30.3 Å². The Labute approximate surface area is 157 Å². The third-order valence-corrected chi connectivity index (χ3v) is 5.34. The van der Waals surface area contributed by atoms with Gasteiger partial charge in [0.05, 0.1) is 5.69 Å². The molecule has 1 N–H and O–H groups in total. The Bertz CT molecular complexity index is 639. The van der Waals surface area contributed by atoms with Crippen LogP contribution in [0.5, 0.6) is 0 Å². The lowest BCUT2D eigenvalue weighted by molar-refractivity contribution is 0.0470. The summed E-state index contributed by atoms with van der Waals surface area (Å²) in [4.78, 5) is 14.3. The van der Waals surface area contributed by atoms with Crippen molar-refractivity contribution < 1.29 is 9.53 Å². The average molecular weight is 416 g/mol. The van der Waals surface area contributed by atoms with Crippen molar-refractivity contribution in [1.82, 2.24) is 5.32 Å². The summed E-state index contributed by atoms with van der Waals surface area (Å²) in [5.41, 5.74) is 2.12. The Balaban J connectivity index is 1.61. The molecule has 0 bridgehead atoms. The highest BCUT2D eigenvalue weighted by atomic mass is 79.9. The molecule has 3 rings (SSSR count). The molecule has 0 saturated heterocycles. The molecule has 1 saturated carbocycles. The molecular formula is C18H24BrClN2O2. The predicted octanol–water partition coefficient (Wildman–Crippen LogP) is 4.91. The van der Waals surface area contributed by atoms with Gasteiger partial charge in [0.2, 0.25) is 0 Å². The lowest BCUT2D eigenvalue weighted by Gasteiger charge is -2.46. The summed E-state index contributed by atoms with van der Waals surface area (Å²) >= 11 is 9.85. The Kier molecular flexibility index (Phi) is 5.03. The molecule has 1 aliphatic carbocycles. The maximum Gasteiger partial charge on any atom is 0.407 e. The molecule has 0 unspecified atom stereocenters. The van der Waals surface area contributed by atoms with Crippen molar-refractivity contribution in [2.75, 3.05) is 11.4 Å². The number of aryl methyl sites for hydroxylation is 1. The van der Waals surface area contributed by atoms with E-state index < -0.39 is 5.60 Å². The van der Waals surface area contributed by atoms with Gasteiger partial charge >= 0.3 is 6.09 Å². The number of halogens is 2. The number of nitrogens with one attached hydrogen (secondary N) is 1. The van der Waals surface area contributed by atoms with Crippen molar-refractivity contribution in [2.45, 2.75) is 64.1 Å². The molecule has 0 spiro atoms. The lowest BCUT2D eigenvalue weighted by Crippen LogP contribution is -2.55. The first-order valence-electron chi connectivity index (χ1n) is 8.47. The summed E-state index contributed by atoms with van der Waals surface area (Å²) in [6.07, 6.45) is 3.79. The number of alkyl carbamates (subject to hydrolysis) is 1. The molecule has 1 aromatic carbocycles. The minimum Gasteiger partial charge on any atom is -0.444 e. The van der Waals surface area contributed by atoms with Crippen molar-refractivity contribution >= 4 is 39.3 Å². The van der Waals surface area contributed by atoms with E-state index in [1.54, 1.807) is 0 Å². The number of nitrogens with zero attached hydrogens (tertiary/aromatic N) is 1. The Morgan fingerprint density at radius 2 is 2.08 bits per heavy atom. The van der Waals surface area contributed by atoms with E-state index in [0.29, 0.717) is 6.04 Å². The predicted molar refractivity (Wildman–Crippen MR) is 101 cm³/mol. The molecule has 1 aliphatic heterocycles. The summed E-state index contributed by atoms with van der Waals surface area (Å²) in [5.74, 6) is 0. The van der Waals surface area contributed by atoms with Gasteiger partial charge in [0.1, 0.15) is 5.60 Å². The number of carbonyl (C=O) groups is 1. The molecule has 6 heteroatoms. The fraction of sp³-hybridized carbons (Fsp3) is 0.611. The van der Waals surface area contributed by atoms with Gasteiger partial charge in [0.15, 0.2) is 0 Å². The highest BCUT2D eigenvalue weighted by Gasteiger charge is 2.37. The third-order valence-electron chi connectivity index (χ3n) is 4.51. The van der Waals surface area contributed by atoms with Gasteiger partial charge in [-0.25, -0.2) is 4.79 Å². The largest absolute Gasteiger partial charge is 0.444 e. The number of anilines is 1. The first kappa shape index (κ1) is 17.9. The van der Waals surface area contributed by atoms with Crippen LogP contribution in [0.15, 0.2) is 16.6 Å². The quantitative estimate of drug-likeness (QED) is 0.746. The van der Waals surface area contributed by atoms with Crippen molar-refractivity contribution in [1.29, 1.82) is 0 Å². The number of fused-ring (bicyclic) bond motifs is 1. The summed E-state index contributed by atoms with van der Waals surface area (Å²) in [5, 5.41) is 3.75. The highest BCUT2D eigenvalue weighted by molar-refractivity contribution is 9.10. The SMILES string of the molecule is CC(C)(C)OC(=O)N[C@H]1C[C@H](N2CCCc3cc(Cl)cc(Br)c32)C1. The molecule has 1 heterocycles. The van der Waals surface area contributed by atoms with Gasteiger partial charge in [0, 0.05) is 28.1 Å². The molecule has 132 valence electrons. The third kappa shape index (κ3) is 3.99. The van der Waals surface area contributed by atoms with E-state index in [1.807, 2.05) is 26.8 Å². The van der Waals surface area contributed by atoms with Crippen LogP contribution in [0.3, 0.4) is 0 Å². The fourth-order valence-electron chi connectivity index (χ4n) is 3.48. The van der Waals surface area contributed by atoms with E-state index in [-0.39, 0.29) is 12.1 Å². The molecule has 2 aliphatic rings. The minimum absolute atomic E-state index is 0.196. The van der Waals surface area contributed by atoms with Crippen LogP contribution in [0.1, 0.15) is 45.6 Å². The summed E-state index contributed by atoms with van der Waals surface area (Å²) in [6, 6.07) is 4.69. The van der Waals surface area contributed by atoms with Gasteiger partial charge in [-0.2, -0.15) is 0 Å². The highest BCUT2D eigenvalue weighted by Crippen LogP contribution is 2.41. The van der Waals surface area contributed by atoms with Gasteiger partial charge < -0.3 is 15.0 Å². The molecule has 0 atom stereocenters. The first-order valence-corrected chi connectivity index (χ1v) is 9.64. The maximum absolute atomic E-state index is 11.9. The summed E-state index contributed by atoms with van der Waals surface area (Å²) in [6.45, 7) is 6.69. The smallest absolute Gasteiger partial charge is 0.407 e. The fourth-order valence-corrected chi connectivity index (χ4v) is 4.58. The van der Waals surface area contributed by atoms with Gasteiger partial charge in [0.25, 0.3) is 0 Å². The van der Waals surface area contributed by atoms with Crippen LogP contribution in [0.4, 0.5) is 10.5 Å². The number of amides is 1. The van der Waals surface area contributed by atoms with E-state index >= 15 is 0 Å². The Morgan fingerprint density at radius 3 is 2.75 bits per heavy atom. The molecule has 0 aromatic heterocycles. The monoisotopic (exact) mass is 414 g/mol. The van der Waals surface area contributed by atoms with Crippen LogP contribution in [-0.2, 0) is 11.2 Å². The van der Waals surface area contributed by atoms with E-state index in [0.717, 1.165) is 41.7 Å². The van der Waals surface area contributed by atoms with Gasteiger partial charge in [-0.15, -0.1) is 0 Å². The van der Waals surface area contributed by atoms with E-state index in [4.69, 9.17) is 16.3 Å². The average Bonchev–Trinajstić information content (AvgIpc) is 2.39. The number of carbonyl (C=O) groups excluding carboxylic acids is 1.